The van der Waals surface area contributed by atoms with Crippen LogP contribution in [0, 0.1) is 13.8 Å². The highest BCUT2D eigenvalue weighted by molar-refractivity contribution is 5.94. The first-order chi connectivity index (χ1) is 13.9. The zero-order chi connectivity index (χ0) is 20.5. The van der Waals surface area contributed by atoms with Crippen molar-refractivity contribution in [2.24, 2.45) is 0 Å². The molecular weight excluding hydrogens is 368 g/mol. The fourth-order valence-corrected chi connectivity index (χ4v) is 2.92. The summed E-state index contributed by atoms with van der Waals surface area (Å²) in [6, 6.07) is 9.35. The number of aryl methyl sites for hydroxylation is 2. The van der Waals surface area contributed by atoms with E-state index >= 15 is 0 Å². The number of hydrogen-bond acceptors (Lipinski definition) is 6. The summed E-state index contributed by atoms with van der Waals surface area (Å²) in [5, 5.41) is 15.3. The van der Waals surface area contributed by atoms with Gasteiger partial charge in [-0.15, -0.1) is 10.2 Å². The third-order valence-corrected chi connectivity index (χ3v) is 4.86. The van der Waals surface area contributed by atoms with E-state index in [2.05, 4.69) is 25.7 Å². The Morgan fingerprint density at radius 3 is 2.69 bits per heavy atom. The maximum Gasteiger partial charge on any atom is 0.258 e. The van der Waals surface area contributed by atoms with Crippen molar-refractivity contribution in [3.63, 3.8) is 0 Å². The summed E-state index contributed by atoms with van der Waals surface area (Å²) >= 11 is 0. The van der Waals surface area contributed by atoms with E-state index in [0.717, 1.165) is 16.7 Å². The van der Waals surface area contributed by atoms with Gasteiger partial charge in [0.15, 0.2) is 17.3 Å². The van der Waals surface area contributed by atoms with E-state index in [4.69, 9.17) is 4.52 Å². The van der Waals surface area contributed by atoms with Crippen LogP contribution in [0.2, 0.25) is 0 Å². The van der Waals surface area contributed by atoms with Gasteiger partial charge in [0.25, 0.3) is 11.8 Å². The summed E-state index contributed by atoms with van der Waals surface area (Å²) in [6.45, 7) is 8.29. The van der Waals surface area contributed by atoms with Gasteiger partial charge in [-0.2, -0.15) is 4.98 Å². The van der Waals surface area contributed by atoms with Crippen LogP contribution in [-0.4, -0.2) is 30.6 Å². The topological polar surface area (TPSA) is 98.2 Å². The maximum atomic E-state index is 12.4. The molecule has 0 saturated heterocycles. The number of rotatable bonds is 5. The SMILES string of the molecule is Cc1ccc(C(=O)NCc2nnc3cc(-c4nc(C(C)C)no4)ccn23)cc1C. The number of benzene rings is 1. The number of amides is 1. The molecular formula is C21H22N6O2. The number of nitrogens with one attached hydrogen (secondary N) is 1. The van der Waals surface area contributed by atoms with Gasteiger partial charge in [-0.1, -0.05) is 25.1 Å². The summed E-state index contributed by atoms with van der Waals surface area (Å²) in [7, 11) is 0. The van der Waals surface area contributed by atoms with Crippen LogP contribution in [0.25, 0.3) is 17.1 Å². The highest BCUT2D eigenvalue weighted by atomic mass is 16.5. The summed E-state index contributed by atoms with van der Waals surface area (Å²) in [4.78, 5) is 16.8. The number of aromatic nitrogens is 5. The highest BCUT2D eigenvalue weighted by Crippen LogP contribution is 2.21. The quantitative estimate of drug-likeness (QED) is 0.560. The average molecular weight is 390 g/mol. The summed E-state index contributed by atoms with van der Waals surface area (Å²) in [5.74, 6) is 1.79. The lowest BCUT2D eigenvalue weighted by atomic mass is 10.1. The van der Waals surface area contributed by atoms with Crippen molar-refractivity contribution in [3.05, 3.63) is 64.9 Å². The van der Waals surface area contributed by atoms with E-state index in [-0.39, 0.29) is 18.4 Å². The Kier molecular flexibility index (Phi) is 4.84. The Morgan fingerprint density at radius 1 is 1.14 bits per heavy atom. The summed E-state index contributed by atoms with van der Waals surface area (Å²) in [5.41, 5.74) is 4.28. The van der Waals surface area contributed by atoms with Crippen LogP contribution in [0.15, 0.2) is 41.1 Å². The minimum Gasteiger partial charge on any atom is -0.345 e. The van der Waals surface area contributed by atoms with Crippen LogP contribution >= 0.6 is 0 Å². The van der Waals surface area contributed by atoms with Crippen molar-refractivity contribution in [1.82, 2.24) is 30.1 Å². The molecule has 0 aliphatic heterocycles. The molecule has 29 heavy (non-hydrogen) atoms. The van der Waals surface area contributed by atoms with Gasteiger partial charge in [-0.3, -0.25) is 9.20 Å². The molecule has 0 aliphatic rings. The Bertz CT molecular complexity index is 1190. The van der Waals surface area contributed by atoms with Crippen molar-refractivity contribution in [2.75, 3.05) is 0 Å². The summed E-state index contributed by atoms with van der Waals surface area (Å²) in [6.07, 6.45) is 1.83. The molecule has 1 aromatic carbocycles. The van der Waals surface area contributed by atoms with Crippen molar-refractivity contribution in [3.8, 4) is 11.5 Å². The molecule has 1 N–H and O–H groups in total. The van der Waals surface area contributed by atoms with E-state index in [1.807, 2.05) is 68.6 Å². The zero-order valence-corrected chi connectivity index (χ0v) is 16.8. The van der Waals surface area contributed by atoms with Crippen LogP contribution in [0.4, 0.5) is 0 Å². The van der Waals surface area contributed by atoms with Crippen molar-refractivity contribution in [1.29, 1.82) is 0 Å². The van der Waals surface area contributed by atoms with Gasteiger partial charge in [0.1, 0.15) is 0 Å². The Balaban J connectivity index is 1.51. The first-order valence-corrected chi connectivity index (χ1v) is 9.45. The fraction of sp³-hybridized carbons (Fsp3) is 0.286. The standard InChI is InChI=1S/C21H22N6O2/c1-12(2)19-23-21(29-26-19)16-7-8-27-17(10-16)24-25-18(27)11-22-20(28)15-6-5-13(3)14(4)9-15/h5-10,12H,11H2,1-4H3,(H,22,28). The van der Waals surface area contributed by atoms with Gasteiger partial charge in [-0.25, -0.2) is 0 Å². The average Bonchev–Trinajstić information content (AvgIpc) is 3.35. The van der Waals surface area contributed by atoms with Gasteiger partial charge in [0.2, 0.25) is 0 Å². The molecule has 148 valence electrons. The van der Waals surface area contributed by atoms with Crippen LogP contribution in [0.1, 0.15) is 52.9 Å². The molecule has 8 heteroatoms. The lowest BCUT2D eigenvalue weighted by Crippen LogP contribution is -2.24. The van der Waals surface area contributed by atoms with Gasteiger partial charge < -0.3 is 9.84 Å². The first-order valence-electron chi connectivity index (χ1n) is 9.45. The summed E-state index contributed by atoms with van der Waals surface area (Å²) < 4.78 is 7.16. The number of fused-ring (bicyclic) bond motifs is 1. The molecule has 0 unspecified atom stereocenters. The largest absolute Gasteiger partial charge is 0.345 e. The molecule has 0 fully saturated rings. The maximum absolute atomic E-state index is 12.4. The van der Waals surface area contributed by atoms with Crippen LogP contribution in [0.5, 0.6) is 0 Å². The molecule has 0 bridgehead atoms. The van der Waals surface area contributed by atoms with E-state index in [0.29, 0.717) is 28.8 Å². The molecule has 3 aromatic heterocycles. The molecule has 0 radical (unpaired) electrons. The minimum absolute atomic E-state index is 0.145. The number of nitrogens with zero attached hydrogens (tertiary/aromatic N) is 5. The van der Waals surface area contributed by atoms with Crippen LogP contribution in [0.3, 0.4) is 0 Å². The molecule has 0 saturated carbocycles. The van der Waals surface area contributed by atoms with Gasteiger partial charge in [0.05, 0.1) is 6.54 Å². The number of carbonyl (C=O) groups excluding carboxylic acids is 1. The smallest absolute Gasteiger partial charge is 0.258 e. The Morgan fingerprint density at radius 2 is 1.97 bits per heavy atom. The highest BCUT2D eigenvalue weighted by Gasteiger charge is 2.14. The van der Waals surface area contributed by atoms with E-state index in [9.17, 15) is 4.79 Å². The normalized spacial score (nSPS) is 11.3. The lowest BCUT2D eigenvalue weighted by molar-refractivity contribution is 0.0949. The third-order valence-electron chi connectivity index (χ3n) is 4.86. The predicted molar refractivity (Wildman–Crippen MR) is 107 cm³/mol. The van der Waals surface area contributed by atoms with Gasteiger partial charge in [0, 0.05) is 23.2 Å². The van der Waals surface area contributed by atoms with Gasteiger partial charge >= 0.3 is 0 Å². The van der Waals surface area contributed by atoms with Gasteiger partial charge in [-0.05, 0) is 49.2 Å². The Hall–Kier alpha value is -3.55. The van der Waals surface area contributed by atoms with Crippen LogP contribution in [-0.2, 0) is 6.54 Å². The molecule has 4 rings (SSSR count). The molecule has 3 heterocycles. The number of carbonyl (C=O) groups is 1. The monoisotopic (exact) mass is 390 g/mol. The zero-order valence-electron chi connectivity index (χ0n) is 16.8. The molecule has 4 aromatic rings. The van der Waals surface area contributed by atoms with E-state index < -0.39 is 0 Å². The molecule has 8 nitrogen and oxygen atoms in total. The first kappa shape index (κ1) is 18.8. The van der Waals surface area contributed by atoms with E-state index in [1.165, 1.54) is 0 Å². The second-order valence-corrected chi connectivity index (χ2v) is 7.35. The molecule has 0 spiro atoms. The second kappa shape index (κ2) is 7.46. The molecule has 1 amide bonds. The fourth-order valence-electron chi connectivity index (χ4n) is 2.92. The van der Waals surface area contributed by atoms with E-state index in [1.54, 1.807) is 0 Å². The third kappa shape index (κ3) is 3.73. The number of hydrogen-bond donors (Lipinski definition) is 1. The second-order valence-electron chi connectivity index (χ2n) is 7.35. The lowest BCUT2D eigenvalue weighted by Gasteiger charge is -2.06. The predicted octanol–water partition coefficient (Wildman–Crippen LogP) is 3.45. The van der Waals surface area contributed by atoms with Crippen molar-refractivity contribution >= 4 is 11.6 Å². The number of pyridine rings is 1. The van der Waals surface area contributed by atoms with Crippen LogP contribution < -0.4 is 5.32 Å². The Labute approximate surface area is 168 Å². The van der Waals surface area contributed by atoms with Crippen molar-refractivity contribution < 1.29 is 9.32 Å². The minimum atomic E-state index is -0.145. The van der Waals surface area contributed by atoms with Crippen molar-refractivity contribution in [2.45, 2.75) is 40.2 Å². The molecule has 0 atom stereocenters. The molecule has 0 aliphatic carbocycles.